The van der Waals surface area contributed by atoms with Gasteiger partial charge >= 0.3 is 0 Å². The molecular weight excluding hydrogens is 424 g/mol. The van der Waals surface area contributed by atoms with Gasteiger partial charge in [-0.15, -0.1) is 0 Å². The molecule has 0 aliphatic rings. The molecule has 23 heavy (non-hydrogen) atoms. The summed E-state index contributed by atoms with van der Waals surface area (Å²) in [7, 11) is 0. The van der Waals surface area contributed by atoms with Crippen LogP contribution in [0, 0.1) is 0 Å². The maximum atomic E-state index is 11.7. The van der Waals surface area contributed by atoms with E-state index in [0.717, 1.165) is 21.8 Å². The largest absolute Gasteiger partial charge is 0.483 e. The molecule has 0 radical (unpaired) electrons. The fourth-order valence-corrected chi connectivity index (χ4v) is 2.99. The molecule has 0 saturated heterocycles. The van der Waals surface area contributed by atoms with Gasteiger partial charge in [-0.25, -0.2) is 5.43 Å². The number of hydrogen-bond acceptors (Lipinski definition) is 3. The second-order valence-electron chi connectivity index (χ2n) is 4.73. The van der Waals surface area contributed by atoms with Crippen LogP contribution in [-0.4, -0.2) is 18.7 Å². The van der Waals surface area contributed by atoms with Crippen LogP contribution >= 0.6 is 31.9 Å². The lowest BCUT2D eigenvalue weighted by Gasteiger charge is -2.07. The summed E-state index contributed by atoms with van der Waals surface area (Å²) in [5, 5.41) is 3.91. The molecule has 1 amide bonds. The van der Waals surface area contributed by atoms with Gasteiger partial charge in [0.15, 0.2) is 6.61 Å². The second kappa shape index (κ2) is 9.47. The van der Waals surface area contributed by atoms with Gasteiger partial charge in [0.05, 0.1) is 4.47 Å². The van der Waals surface area contributed by atoms with E-state index in [9.17, 15) is 4.79 Å². The monoisotopic (exact) mass is 438 g/mol. The van der Waals surface area contributed by atoms with Gasteiger partial charge in [-0.1, -0.05) is 46.3 Å². The molecule has 0 fully saturated rings. The third-order valence-corrected chi connectivity index (χ3v) is 4.05. The molecule has 2 aromatic carbocycles. The first-order chi connectivity index (χ1) is 11.1. The van der Waals surface area contributed by atoms with Gasteiger partial charge in [0.25, 0.3) is 5.91 Å². The molecule has 0 bridgehead atoms. The number of benzene rings is 2. The number of nitrogens with zero attached hydrogens (tertiary/aromatic N) is 1. The topological polar surface area (TPSA) is 50.7 Å². The summed E-state index contributed by atoms with van der Waals surface area (Å²) in [4.78, 5) is 11.7. The highest BCUT2D eigenvalue weighted by atomic mass is 79.9. The summed E-state index contributed by atoms with van der Waals surface area (Å²) in [6, 6.07) is 15.6. The average Bonchev–Trinajstić information content (AvgIpc) is 2.54. The Morgan fingerprint density at radius 3 is 2.70 bits per heavy atom. The minimum atomic E-state index is -0.296. The molecule has 1 N–H and O–H groups in total. The van der Waals surface area contributed by atoms with Gasteiger partial charge in [-0.3, -0.25) is 4.79 Å². The number of nitrogens with one attached hydrogen (secondary N) is 1. The van der Waals surface area contributed by atoms with E-state index in [-0.39, 0.29) is 12.5 Å². The van der Waals surface area contributed by atoms with Crippen molar-refractivity contribution in [3.8, 4) is 5.75 Å². The van der Waals surface area contributed by atoms with Crippen molar-refractivity contribution in [2.24, 2.45) is 5.10 Å². The number of hydrogen-bond donors (Lipinski definition) is 1. The Balaban J connectivity index is 1.67. The van der Waals surface area contributed by atoms with E-state index < -0.39 is 0 Å². The Hall–Kier alpha value is -1.66. The Bertz CT molecular complexity index is 676. The quantitative estimate of drug-likeness (QED) is 0.515. The van der Waals surface area contributed by atoms with E-state index in [1.54, 1.807) is 12.3 Å². The Morgan fingerprint density at radius 1 is 1.17 bits per heavy atom. The molecule has 120 valence electrons. The Labute approximate surface area is 152 Å². The van der Waals surface area contributed by atoms with Crippen LogP contribution in [0.15, 0.2) is 62.6 Å². The molecule has 0 aliphatic carbocycles. The predicted molar refractivity (Wildman–Crippen MR) is 98.7 cm³/mol. The van der Waals surface area contributed by atoms with Crippen molar-refractivity contribution in [1.29, 1.82) is 0 Å². The summed E-state index contributed by atoms with van der Waals surface area (Å²) in [6.07, 6.45) is 3.35. The number of carbonyl (C=O) groups is 1. The highest BCUT2D eigenvalue weighted by Gasteiger charge is 2.05. The van der Waals surface area contributed by atoms with Crippen LogP contribution < -0.4 is 10.2 Å². The zero-order chi connectivity index (χ0) is 16.5. The fourth-order valence-electron chi connectivity index (χ4n) is 1.83. The third kappa shape index (κ3) is 6.54. The first kappa shape index (κ1) is 17.7. The van der Waals surface area contributed by atoms with Crippen molar-refractivity contribution in [3.05, 3.63) is 63.0 Å². The lowest BCUT2D eigenvalue weighted by atomic mass is 10.1. The van der Waals surface area contributed by atoms with E-state index in [1.807, 2.05) is 30.3 Å². The number of hydrazone groups is 1. The normalized spacial score (nSPS) is 10.7. The Kier molecular flexibility index (Phi) is 7.29. The van der Waals surface area contributed by atoms with Crippen LogP contribution in [-0.2, 0) is 11.2 Å². The molecular formula is C17H16Br2N2O2. The van der Waals surface area contributed by atoms with Crippen LogP contribution in [0.25, 0.3) is 0 Å². The minimum Gasteiger partial charge on any atom is -0.483 e. The molecule has 4 nitrogen and oxygen atoms in total. The lowest BCUT2D eigenvalue weighted by molar-refractivity contribution is -0.123. The van der Waals surface area contributed by atoms with Crippen LogP contribution in [0.1, 0.15) is 12.0 Å². The van der Waals surface area contributed by atoms with Gasteiger partial charge in [0.1, 0.15) is 5.75 Å². The summed E-state index contributed by atoms with van der Waals surface area (Å²) in [5.74, 6) is 0.312. The summed E-state index contributed by atoms with van der Waals surface area (Å²) >= 11 is 6.73. The Morgan fingerprint density at radius 2 is 1.96 bits per heavy atom. The fraction of sp³-hybridized carbons (Fsp3) is 0.176. The van der Waals surface area contributed by atoms with Crippen molar-refractivity contribution in [3.63, 3.8) is 0 Å². The van der Waals surface area contributed by atoms with Crippen molar-refractivity contribution in [1.82, 2.24) is 5.43 Å². The smallest absolute Gasteiger partial charge is 0.277 e. The van der Waals surface area contributed by atoms with Gasteiger partial charge < -0.3 is 4.74 Å². The molecule has 0 saturated carbocycles. The number of aryl methyl sites for hydroxylation is 1. The number of halogens is 2. The predicted octanol–water partition coefficient (Wildman–Crippen LogP) is 4.33. The number of rotatable bonds is 7. The van der Waals surface area contributed by atoms with Gasteiger partial charge in [0, 0.05) is 10.7 Å². The summed E-state index contributed by atoms with van der Waals surface area (Å²) in [6.45, 7) is -0.0870. The molecule has 0 spiro atoms. The van der Waals surface area contributed by atoms with Crippen molar-refractivity contribution < 1.29 is 9.53 Å². The maximum Gasteiger partial charge on any atom is 0.277 e. The molecule has 0 heterocycles. The molecule has 6 heteroatoms. The van der Waals surface area contributed by atoms with Crippen LogP contribution in [0.5, 0.6) is 5.75 Å². The van der Waals surface area contributed by atoms with Crippen molar-refractivity contribution in [2.75, 3.05) is 6.61 Å². The molecule has 0 aromatic heterocycles. The summed E-state index contributed by atoms with van der Waals surface area (Å²) < 4.78 is 7.14. The van der Waals surface area contributed by atoms with E-state index in [0.29, 0.717) is 5.75 Å². The van der Waals surface area contributed by atoms with Gasteiger partial charge in [0.2, 0.25) is 0 Å². The lowest BCUT2D eigenvalue weighted by Crippen LogP contribution is -2.24. The van der Waals surface area contributed by atoms with Crippen LogP contribution in [0.3, 0.4) is 0 Å². The van der Waals surface area contributed by atoms with E-state index in [4.69, 9.17) is 4.74 Å². The van der Waals surface area contributed by atoms with Crippen molar-refractivity contribution in [2.45, 2.75) is 12.8 Å². The third-order valence-electron chi connectivity index (χ3n) is 2.94. The number of ether oxygens (including phenoxy) is 1. The molecule has 2 rings (SSSR count). The second-order valence-corrected chi connectivity index (χ2v) is 6.50. The number of carbonyl (C=O) groups excluding carboxylic acids is 1. The summed E-state index contributed by atoms with van der Waals surface area (Å²) in [5.41, 5.74) is 3.70. The average molecular weight is 440 g/mol. The zero-order valence-electron chi connectivity index (χ0n) is 12.3. The van der Waals surface area contributed by atoms with Crippen LogP contribution in [0.4, 0.5) is 0 Å². The van der Waals surface area contributed by atoms with Crippen LogP contribution in [0.2, 0.25) is 0 Å². The molecule has 0 unspecified atom stereocenters. The first-order valence-electron chi connectivity index (χ1n) is 7.07. The zero-order valence-corrected chi connectivity index (χ0v) is 15.5. The maximum absolute atomic E-state index is 11.7. The SMILES string of the molecule is O=C(COc1ccc(Br)cc1Br)N/N=C/CCc1ccccc1. The van der Waals surface area contributed by atoms with Gasteiger partial charge in [-0.05, 0) is 52.5 Å². The highest BCUT2D eigenvalue weighted by Crippen LogP contribution is 2.27. The van der Waals surface area contributed by atoms with E-state index in [1.165, 1.54) is 5.56 Å². The molecule has 0 aliphatic heterocycles. The van der Waals surface area contributed by atoms with E-state index >= 15 is 0 Å². The van der Waals surface area contributed by atoms with Gasteiger partial charge in [-0.2, -0.15) is 5.10 Å². The minimum absolute atomic E-state index is 0.0870. The number of amides is 1. The first-order valence-corrected chi connectivity index (χ1v) is 8.66. The van der Waals surface area contributed by atoms with Crippen molar-refractivity contribution >= 4 is 44.0 Å². The highest BCUT2D eigenvalue weighted by molar-refractivity contribution is 9.11. The standard InChI is InChI=1S/C17H16Br2N2O2/c18-14-8-9-16(15(19)11-14)23-12-17(22)21-20-10-4-7-13-5-2-1-3-6-13/h1-3,5-6,8-11H,4,7,12H2,(H,21,22)/b20-10+. The molecule has 0 atom stereocenters. The van der Waals surface area contributed by atoms with E-state index in [2.05, 4.69) is 54.5 Å². The molecule has 2 aromatic rings.